The van der Waals surface area contributed by atoms with Crippen molar-refractivity contribution in [3.63, 3.8) is 0 Å². The molecule has 5 nitrogen and oxygen atoms in total. The molecule has 0 unspecified atom stereocenters. The molecule has 0 atom stereocenters. The van der Waals surface area contributed by atoms with Crippen LogP contribution in [0.25, 0.3) is 0 Å². The van der Waals surface area contributed by atoms with Gasteiger partial charge in [0.05, 0.1) is 18.4 Å². The van der Waals surface area contributed by atoms with Gasteiger partial charge in [-0.25, -0.2) is 4.99 Å². The van der Waals surface area contributed by atoms with Gasteiger partial charge < -0.3 is 15.4 Å². The molecule has 0 bridgehead atoms. The molecule has 124 valence electrons. The highest BCUT2D eigenvalue weighted by Gasteiger charge is 2.16. The van der Waals surface area contributed by atoms with Gasteiger partial charge in [-0.1, -0.05) is 6.92 Å². The van der Waals surface area contributed by atoms with Gasteiger partial charge in [-0.2, -0.15) is 8.78 Å². The van der Waals surface area contributed by atoms with E-state index in [1.54, 1.807) is 6.07 Å². The third-order valence-corrected chi connectivity index (χ3v) is 3.53. The predicted molar refractivity (Wildman–Crippen MR) is 91.6 cm³/mol. The van der Waals surface area contributed by atoms with Crippen LogP contribution in [0.4, 0.5) is 8.78 Å². The zero-order valence-electron chi connectivity index (χ0n) is 12.4. The van der Waals surface area contributed by atoms with Gasteiger partial charge in [-0.15, -0.1) is 24.0 Å². The van der Waals surface area contributed by atoms with E-state index in [-0.39, 0.29) is 29.7 Å². The molecule has 1 aliphatic rings. The number of pyridine rings is 1. The van der Waals surface area contributed by atoms with E-state index in [2.05, 4.69) is 26.5 Å². The molecular weight excluding hydrogens is 405 g/mol. The number of guanidine groups is 1. The molecule has 1 saturated heterocycles. The number of ether oxygens (including phenoxy) is 1. The van der Waals surface area contributed by atoms with Crippen molar-refractivity contribution in [2.45, 2.75) is 32.9 Å². The standard InChI is InChI=1S/C14H20F2N4O.HI/c1-10-4-6-20(7-5-10)14(17)19-8-11-2-3-12(9-18-11)21-13(15)16;/h2-3,9-10,13H,4-8H2,1H3,(H2,17,19);1H. The van der Waals surface area contributed by atoms with Crippen LogP contribution < -0.4 is 10.5 Å². The average molecular weight is 426 g/mol. The van der Waals surface area contributed by atoms with Crippen molar-refractivity contribution >= 4 is 29.9 Å². The molecule has 8 heteroatoms. The number of nitrogens with two attached hydrogens (primary N) is 1. The Kier molecular flexibility index (Phi) is 7.77. The number of hydrogen-bond acceptors (Lipinski definition) is 3. The average Bonchev–Trinajstić information content (AvgIpc) is 2.46. The van der Waals surface area contributed by atoms with Gasteiger partial charge in [-0.3, -0.25) is 4.98 Å². The number of aromatic nitrogens is 1. The van der Waals surface area contributed by atoms with Gasteiger partial charge >= 0.3 is 6.61 Å². The lowest BCUT2D eigenvalue weighted by molar-refractivity contribution is -0.0500. The van der Waals surface area contributed by atoms with Crippen LogP contribution in [0.5, 0.6) is 5.75 Å². The largest absolute Gasteiger partial charge is 0.433 e. The van der Waals surface area contributed by atoms with Crippen LogP contribution in [0.3, 0.4) is 0 Å². The minimum atomic E-state index is -2.84. The van der Waals surface area contributed by atoms with Crippen molar-refractivity contribution in [1.82, 2.24) is 9.88 Å². The van der Waals surface area contributed by atoms with Crippen LogP contribution in [0.2, 0.25) is 0 Å². The van der Waals surface area contributed by atoms with E-state index in [0.29, 0.717) is 18.2 Å². The first-order valence-corrected chi connectivity index (χ1v) is 6.99. The Bertz CT molecular complexity index is 476. The maximum absolute atomic E-state index is 12.0. The molecule has 2 heterocycles. The number of rotatable bonds is 4. The second-order valence-electron chi connectivity index (χ2n) is 5.21. The zero-order valence-corrected chi connectivity index (χ0v) is 14.7. The zero-order chi connectivity index (χ0) is 15.2. The van der Waals surface area contributed by atoms with Crippen LogP contribution in [0.15, 0.2) is 23.3 Å². The molecule has 1 aromatic rings. The number of likely N-dealkylation sites (tertiary alicyclic amines) is 1. The monoisotopic (exact) mass is 426 g/mol. The number of hydrogen-bond donors (Lipinski definition) is 1. The normalized spacial score (nSPS) is 16.5. The van der Waals surface area contributed by atoms with Crippen molar-refractivity contribution in [2.75, 3.05) is 13.1 Å². The lowest BCUT2D eigenvalue weighted by Gasteiger charge is -2.30. The molecule has 2 N–H and O–H groups in total. The highest BCUT2D eigenvalue weighted by atomic mass is 127. The molecule has 1 aromatic heterocycles. The third kappa shape index (κ3) is 5.90. The maximum Gasteiger partial charge on any atom is 0.387 e. The predicted octanol–water partition coefficient (Wildman–Crippen LogP) is 2.85. The summed E-state index contributed by atoms with van der Waals surface area (Å²) in [5, 5.41) is 0. The van der Waals surface area contributed by atoms with Crippen molar-refractivity contribution in [2.24, 2.45) is 16.6 Å². The Balaban J connectivity index is 0.00000242. The molecule has 22 heavy (non-hydrogen) atoms. The molecule has 0 aliphatic carbocycles. The highest BCUT2D eigenvalue weighted by molar-refractivity contribution is 14.0. The Morgan fingerprint density at radius 3 is 2.68 bits per heavy atom. The van der Waals surface area contributed by atoms with Gasteiger partial charge in [0.15, 0.2) is 5.96 Å². The van der Waals surface area contributed by atoms with Crippen LogP contribution in [0, 0.1) is 5.92 Å². The minimum Gasteiger partial charge on any atom is -0.433 e. The van der Waals surface area contributed by atoms with E-state index in [0.717, 1.165) is 31.8 Å². The first kappa shape index (κ1) is 18.9. The first-order chi connectivity index (χ1) is 10.0. The topological polar surface area (TPSA) is 63.7 Å². The summed E-state index contributed by atoms with van der Waals surface area (Å²) < 4.78 is 28.3. The highest BCUT2D eigenvalue weighted by Crippen LogP contribution is 2.16. The molecule has 0 aromatic carbocycles. The quantitative estimate of drug-likeness (QED) is 0.457. The van der Waals surface area contributed by atoms with Crippen LogP contribution in [0.1, 0.15) is 25.5 Å². The summed E-state index contributed by atoms with van der Waals surface area (Å²) in [7, 11) is 0. The van der Waals surface area contributed by atoms with Crippen molar-refractivity contribution in [3.05, 3.63) is 24.0 Å². The van der Waals surface area contributed by atoms with Crippen LogP contribution >= 0.6 is 24.0 Å². The number of halogens is 3. The molecule has 0 spiro atoms. The molecule has 2 rings (SSSR count). The summed E-state index contributed by atoms with van der Waals surface area (Å²) in [5.41, 5.74) is 6.62. The molecule has 1 aliphatic heterocycles. The lowest BCUT2D eigenvalue weighted by atomic mass is 10.00. The van der Waals surface area contributed by atoms with Gasteiger partial charge in [0.2, 0.25) is 0 Å². The fourth-order valence-electron chi connectivity index (χ4n) is 2.18. The minimum absolute atomic E-state index is 0. The number of nitrogens with zero attached hydrogens (tertiary/aromatic N) is 3. The first-order valence-electron chi connectivity index (χ1n) is 6.99. The second-order valence-corrected chi connectivity index (χ2v) is 5.21. The smallest absolute Gasteiger partial charge is 0.387 e. The van der Waals surface area contributed by atoms with Gasteiger partial charge in [-0.05, 0) is 30.9 Å². The van der Waals surface area contributed by atoms with Crippen LogP contribution in [-0.4, -0.2) is 35.5 Å². The molecule has 1 fully saturated rings. The summed E-state index contributed by atoms with van der Waals surface area (Å²) in [6, 6.07) is 3.05. The molecule has 0 radical (unpaired) electrons. The van der Waals surface area contributed by atoms with Crippen molar-refractivity contribution in [3.8, 4) is 5.75 Å². The Morgan fingerprint density at radius 1 is 1.45 bits per heavy atom. The van der Waals surface area contributed by atoms with Gasteiger partial charge in [0.25, 0.3) is 0 Å². The van der Waals surface area contributed by atoms with Crippen molar-refractivity contribution < 1.29 is 13.5 Å². The number of piperidine rings is 1. The third-order valence-electron chi connectivity index (χ3n) is 3.53. The van der Waals surface area contributed by atoms with E-state index in [9.17, 15) is 8.78 Å². The van der Waals surface area contributed by atoms with E-state index in [1.165, 1.54) is 12.3 Å². The lowest BCUT2D eigenvalue weighted by Crippen LogP contribution is -2.42. The van der Waals surface area contributed by atoms with Crippen LogP contribution in [-0.2, 0) is 6.54 Å². The summed E-state index contributed by atoms with van der Waals surface area (Å²) in [6.45, 7) is 1.56. The fourth-order valence-corrected chi connectivity index (χ4v) is 2.18. The summed E-state index contributed by atoms with van der Waals surface area (Å²) in [5.74, 6) is 1.28. The molecule has 0 amide bonds. The molecular formula is C14H21F2IN4O. The number of alkyl halides is 2. The van der Waals surface area contributed by atoms with Gasteiger partial charge in [0, 0.05) is 13.1 Å². The Morgan fingerprint density at radius 2 is 2.14 bits per heavy atom. The van der Waals surface area contributed by atoms with E-state index in [1.807, 2.05) is 0 Å². The Hall–Kier alpha value is -1.19. The maximum atomic E-state index is 12.0. The van der Waals surface area contributed by atoms with E-state index < -0.39 is 6.61 Å². The SMILES string of the molecule is CC1CCN(C(N)=NCc2ccc(OC(F)F)cn2)CC1.I. The molecule has 0 saturated carbocycles. The summed E-state index contributed by atoms with van der Waals surface area (Å²) in [6.07, 6.45) is 3.50. The summed E-state index contributed by atoms with van der Waals surface area (Å²) in [4.78, 5) is 10.4. The second kappa shape index (κ2) is 9.06. The van der Waals surface area contributed by atoms with E-state index >= 15 is 0 Å². The number of aliphatic imine (C=N–C) groups is 1. The fraction of sp³-hybridized carbons (Fsp3) is 0.571. The van der Waals surface area contributed by atoms with Gasteiger partial charge in [0.1, 0.15) is 5.75 Å². The summed E-state index contributed by atoms with van der Waals surface area (Å²) >= 11 is 0. The van der Waals surface area contributed by atoms with Crippen molar-refractivity contribution in [1.29, 1.82) is 0 Å². The Labute approximate surface area is 146 Å². The van der Waals surface area contributed by atoms with E-state index in [4.69, 9.17) is 5.73 Å².